The molecule has 0 saturated heterocycles. The number of aromatic nitrogens is 3. The van der Waals surface area contributed by atoms with Crippen LogP contribution in [0.25, 0.3) is 33.9 Å². The van der Waals surface area contributed by atoms with Crippen LogP contribution in [0.1, 0.15) is 47.0 Å². The molecule has 4 amide bonds. The van der Waals surface area contributed by atoms with Crippen LogP contribution in [0.2, 0.25) is 0 Å². The highest BCUT2D eigenvalue weighted by molar-refractivity contribution is 6.22. The van der Waals surface area contributed by atoms with Crippen LogP contribution in [0.4, 0.5) is 0 Å². The van der Waals surface area contributed by atoms with Gasteiger partial charge in [0.15, 0.2) is 0 Å². The van der Waals surface area contributed by atoms with Crippen molar-refractivity contribution in [3.8, 4) is 33.9 Å². The zero-order chi connectivity index (χ0) is 35.6. The molecule has 5 heterocycles. The average Bonchev–Trinajstić information content (AvgIpc) is 3.59. The monoisotopic (exact) mass is 684 g/mol. The fourth-order valence-corrected chi connectivity index (χ4v) is 6.69. The molecule has 0 unspecified atom stereocenters. The molecule has 0 aliphatic carbocycles. The number of carbonyl (C=O) groups excluding carboxylic acids is 4. The summed E-state index contributed by atoms with van der Waals surface area (Å²) in [6, 6.07) is 37.3. The van der Waals surface area contributed by atoms with E-state index >= 15 is 0 Å². The molecule has 6 aromatic rings. The van der Waals surface area contributed by atoms with Gasteiger partial charge in [-0.15, -0.1) is 0 Å². The SMILES string of the molecule is O=C1c2ccccc2C(=O)N1CCN(CCN1C(=O)c2ccccc2C1=O)Cc1ccc(-c2cc(-c3ccccn3)nc(-c3ccccn3)c2)cc1. The standard InChI is InChI=1S/C42H32N6O4/c49-39-31-9-1-2-10-32(31)40(50)47(39)23-21-46(22-24-48-41(51)33-11-3-4-12-34(33)42(48)52)27-28-15-17-29(18-16-28)30-25-37(35-13-5-7-19-43-35)45-38(26-30)36-14-6-8-20-44-36/h1-20,25-26H,21-24,27H2. The first-order valence-electron chi connectivity index (χ1n) is 17.0. The van der Waals surface area contributed by atoms with Crippen LogP contribution in [-0.2, 0) is 6.54 Å². The number of imide groups is 2. The van der Waals surface area contributed by atoms with Crippen molar-refractivity contribution >= 4 is 23.6 Å². The number of benzene rings is 3. The molecule has 52 heavy (non-hydrogen) atoms. The Morgan fingerprint density at radius 3 is 1.29 bits per heavy atom. The number of amides is 4. The molecule has 0 bridgehead atoms. The number of hydrogen-bond acceptors (Lipinski definition) is 8. The summed E-state index contributed by atoms with van der Waals surface area (Å²) < 4.78 is 0. The molecule has 3 aromatic heterocycles. The Kier molecular flexibility index (Phi) is 8.72. The van der Waals surface area contributed by atoms with E-state index in [9.17, 15) is 19.2 Å². The van der Waals surface area contributed by atoms with Crippen LogP contribution in [0.3, 0.4) is 0 Å². The maximum absolute atomic E-state index is 13.1. The van der Waals surface area contributed by atoms with Crippen molar-refractivity contribution in [1.82, 2.24) is 29.7 Å². The molecule has 0 radical (unpaired) electrons. The molecule has 2 aliphatic rings. The lowest BCUT2D eigenvalue weighted by molar-refractivity contribution is 0.0619. The Bertz CT molecular complexity index is 2120. The van der Waals surface area contributed by atoms with Gasteiger partial charge in [-0.05, 0) is 77.4 Å². The second-order valence-corrected chi connectivity index (χ2v) is 12.6. The summed E-state index contributed by atoms with van der Waals surface area (Å²) in [5, 5.41) is 0. The Balaban J connectivity index is 1.04. The lowest BCUT2D eigenvalue weighted by Crippen LogP contribution is -2.42. The minimum absolute atomic E-state index is 0.163. The van der Waals surface area contributed by atoms with E-state index in [2.05, 4.69) is 14.9 Å². The van der Waals surface area contributed by atoms with Crippen molar-refractivity contribution < 1.29 is 19.2 Å². The highest BCUT2D eigenvalue weighted by Gasteiger charge is 2.36. The van der Waals surface area contributed by atoms with E-state index in [0.29, 0.717) is 41.9 Å². The van der Waals surface area contributed by atoms with E-state index in [1.54, 1.807) is 60.9 Å². The van der Waals surface area contributed by atoms with E-state index in [-0.39, 0.29) is 36.7 Å². The van der Waals surface area contributed by atoms with Crippen LogP contribution >= 0.6 is 0 Å². The number of pyridine rings is 3. The lowest BCUT2D eigenvalue weighted by Gasteiger charge is -2.26. The third kappa shape index (κ3) is 6.27. The normalized spacial score (nSPS) is 13.6. The molecule has 10 heteroatoms. The minimum atomic E-state index is -0.322. The maximum Gasteiger partial charge on any atom is 0.261 e. The number of carbonyl (C=O) groups is 4. The highest BCUT2D eigenvalue weighted by Crippen LogP contribution is 2.30. The molecular formula is C42H32N6O4. The van der Waals surface area contributed by atoms with Crippen molar-refractivity contribution in [2.45, 2.75) is 6.54 Å². The molecule has 0 N–H and O–H groups in total. The topological polar surface area (TPSA) is 117 Å². The van der Waals surface area contributed by atoms with Crippen molar-refractivity contribution in [3.63, 3.8) is 0 Å². The molecule has 254 valence electrons. The van der Waals surface area contributed by atoms with E-state index in [0.717, 1.165) is 39.5 Å². The third-order valence-corrected chi connectivity index (χ3v) is 9.41. The van der Waals surface area contributed by atoms with Crippen LogP contribution in [-0.4, -0.2) is 79.5 Å². The van der Waals surface area contributed by atoms with E-state index in [4.69, 9.17) is 4.98 Å². The molecule has 0 atom stereocenters. The van der Waals surface area contributed by atoms with Gasteiger partial charge < -0.3 is 0 Å². The van der Waals surface area contributed by atoms with Crippen LogP contribution in [0, 0.1) is 0 Å². The fraction of sp³-hybridized carbons (Fsp3) is 0.119. The number of hydrogen-bond donors (Lipinski definition) is 0. The van der Waals surface area contributed by atoms with Crippen molar-refractivity contribution in [1.29, 1.82) is 0 Å². The van der Waals surface area contributed by atoms with Crippen LogP contribution < -0.4 is 0 Å². The summed E-state index contributed by atoms with van der Waals surface area (Å²) in [6.07, 6.45) is 3.49. The van der Waals surface area contributed by atoms with Gasteiger partial charge in [0.25, 0.3) is 23.6 Å². The molecule has 10 nitrogen and oxygen atoms in total. The molecule has 2 aliphatic heterocycles. The lowest BCUT2D eigenvalue weighted by atomic mass is 10.0. The molecule has 8 rings (SSSR count). The average molecular weight is 685 g/mol. The first-order chi connectivity index (χ1) is 25.4. The molecular weight excluding hydrogens is 652 g/mol. The Morgan fingerprint density at radius 1 is 0.462 bits per heavy atom. The number of nitrogens with zero attached hydrogens (tertiary/aromatic N) is 6. The first kappa shape index (κ1) is 32.5. The quantitative estimate of drug-likeness (QED) is 0.147. The van der Waals surface area contributed by atoms with Crippen LogP contribution in [0.5, 0.6) is 0 Å². The Labute approximate surface area is 300 Å². The van der Waals surface area contributed by atoms with E-state index in [1.165, 1.54) is 9.80 Å². The summed E-state index contributed by atoms with van der Waals surface area (Å²) in [5.41, 5.74) is 7.48. The summed E-state index contributed by atoms with van der Waals surface area (Å²) >= 11 is 0. The van der Waals surface area contributed by atoms with Gasteiger partial charge in [-0.1, -0.05) is 60.7 Å². The zero-order valence-electron chi connectivity index (χ0n) is 28.1. The molecule has 0 saturated carbocycles. The van der Waals surface area contributed by atoms with Gasteiger partial charge in [0, 0.05) is 45.1 Å². The largest absolute Gasteiger partial charge is 0.296 e. The number of rotatable bonds is 11. The van der Waals surface area contributed by atoms with Gasteiger partial charge in [-0.25, -0.2) is 4.98 Å². The summed E-state index contributed by atoms with van der Waals surface area (Å²) in [6.45, 7) is 1.48. The predicted octanol–water partition coefficient (Wildman–Crippen LogP) is 6.27. The van der Waals surface area contributed by atoms with Gasteiger partial charge >= 0.3 is 0 Å². The maximum atomic E-state index is 13.1. The van der Waals surface area contributed by atoms with Crippen molar-refractivity contribution in [2.75, 3.05) is 26.2 Å². The second-order valence-electron chi connectivity index (χ2n) is 12.6. The Morgan fingerprint density at radius 2 is 0.885 bits per heavy atom. The van der Waals surface area contributed by atoms with E-state index < -0.39 is 0 Å². The predicted molar refractivity (Wildman–Crippen MR) is 195 cm³/mol. The first-order valence-corrected chi connectivity index (χ1v) is 17.0. The van der Waals surface area contributed by atoms with Gasteiger partial charge in [-0.2, -0.15) is 0 Å². The van der Waals surface area contributed by atoms with Gasteiger partial charge in [-0.3, -0.25) is 43.8 Å². The van der Waals surface area contributed by atoms with E-state index in [1.807, 2.05) is 72.8 Å². The summed E-state index contributed by atoms with van der Waals surface area (Å²) in [7, 11) is 0. The Hall–Kier alpha value is -6.65. The molecule has 0 spiro atoms. The van der Waals surface area contributed by atoms with Gasteiger partial charge in [0.1, 0.15) is 0 Å². The summed E-state index contributed by atoms with van der Waals surface area (Å²) in [4.78, 5) is 71.1. The highest BCUT2D eigenvalue weighted by atomic mass is 16.2. The second kappa shape index (κ2) is 13.9. The smallest absolute Gasteiger partial charge is 0.261 e. The third-order valence-electron chi connectivity index (χ3n) is 9.41. The summed E-state index contributed by atoms with van der Waals surface area (Å²) in [5.74, 6) is -1.29. The van der Waals surface area contributed by atoms with Crippen LogP contribution in [0.15, 0.2) is 134 Å². The van der Waals surface area contributed by atoms with Crippen molar-refractivity contribution in [3.05, 3.63) is 162 Å². The zero-order valence-corrected chi connectivity index (χ0v) is 28.1. The molecule has 3 aromatic carbocycles. The van der Waals surface area contributed by atoms with Gasteiger partial charge in [0.05, 0.1) is 45.0 Å². The fourth-order valence-electron chi connectivity index (χ4n) is 6.69. The van der Waals surface area contributed by atoms with Gasteiger partial charge in [0.2, 0.25) is 0 Å². The van der Waals surface area contributed by atoms with Crippen molar-refractivity contribution in [2.24, 2.45) is 0 Å². The number of fused-ring (bicyclic) bond motifs is 2. The minimum Gasteiger partial charge on any atom is -0.296 e. The molecule has 0 fully saturated rings.